The third-order valence-electron chi connectivity index (χ3n) is 4.33. The third-order valence-corrected chi connectivity index (χ3v) is 5.46. The minimum atomic E-state index is -3.19. The number of ketones is 1. The number of ether oxygens (including phenoxy) is 1. The van der Waals surface area contributed by atoms with Crippen molar-refractivity contribution in [2.75, 3.05) is 6.26 Å². The number of Topliss-reactive ketones (excluding diaryl/α,β-unsaturated/α-hetero) is 1. The van der Waals surface area contributed by atoms with E-state index in [0.29, 0.717) is 12.2 Å². The summed E-state index contributed by atoms with van der Waals surface area (Å²) in [6.07, 6.45) is 3.06. The van der Waals surface area contributed by atoms with E-state index in [2.05, 4.69) is 0 Å². The maximum atomic E-state index is 11.8. The van der Waals surface area contributed by atoms with Crippen molar-refractivity contribution < 1.29 is 17.9 Å². The van der Waals surface area contributed by atoms with Crippen molar-refractivity contribution in [3.05, 3.63) is 24.3 Å². The highest BCUT2D eigenvalue weighted by Gasteiger charge is 2.53. The maximum Gasteiger partial charge on any atom is 0.175 e. The molecule has 1 aliphatic carbocycles. The molecule has 0 bridgehead atoms. The van der Waals surface area contributed by atoms with Crippen LogP contribution in [0.25, 0.3) is 0 Å². The van der Waals surface area contributed by atoms with E-state index >= 15 is 0 Å². The molecular formula is C15H20O4S. The Labute approximate surface area is 120 Å². The topological polar surface area (TPSA) is 60.4 Å². The van der Waals surface area contributed by atoms with Crippen molar-refractivity contribution in [3.63, 3.8) is 0 Å². The van der Waals surface area contributed by atoms with Crippen molar-refractivity contribution in [1.82, 2.24) is 0 Å². The van der Waals surface area contributed by atoms with E-state index in [1.807, 2.05) is 13.8 Å². The van der Waals surface area contributed by atoms with Crippen LogP contribution in [0.2, 0.25) is 0 Å². The van der Waals surface area contributed by atoms with Crippen LogP contribution in [-0.4, -0.2) is 26.6 Å². The SMILES string of the molecule is CCC1(CC)C(=O)CC1Oc1ccc(S(C)(=O)=O)cc1. The summed E-state index contributed by atoms with van der Waals surface area (Å²) in [5, 5.41) is 0. The van der Waals surface area contributed by atoms with Crippen LogP contribution in [0.1, 0.15) is 33.1 Å². The largest absolute Gasteiger partial charge is 0.489 e. The number of sulfone groups is 1. The fourth-order valence-electron chi connectivity index (χ4n) is 2.80. The van der Waals surface area contributed by atoms with Crippen molar-refractivity contribution in [3.8, 4) is 5.75 Å². The molecule has 0 spiro atoms. The quantitative estimate of drug-likeness (QED) is 0.838. The lowest BCUT2D eigenvalue weighted by molar-refractivity contribution is -0.153. The van der Waals surface area contributed by atoms with Crippen LogP contribution < -0.4 is 4.74 Å². The molecule has 0 heterocycles. The highest BCUT2D eigenvalue weighted by atomic mass is 32.2. The summed E-state index contributed by atoms with van der Waals surface area (Å²) in [6, 6.07) is 6.36. The van der Waals surface area contributed by atoms with Gasteiger partial charge in [-0.2, -0.15) is 0 Å². The summed E-state index contributed by atoms with van der Waals surface area (Å²) in [6.45, 7) is 4.01. The summed E-state index contributed by atoms with van der Waals surface area (Å²) in [5.41, 5.74) is -0.366. The number of benzene rings is 1. The normalized spacial score (nSPS) is 21.4. The molecule has 1 aliphatic rings. The fraction of sp³-hybridized carbons (Fsp3) is 0.533. The molecule has 1 aromatic carbocycles. The Bertz CT molecular complexity index is 597. The molecule has 110 valence electrons. The molecule has 20 heavy (non-hydrogen) atoms. The summed E-state index contributed by atoms with van der Waals surface area (Å²) < 4.78 is 28.6. The van der Waals surface area contributed by atoms with Gasteiger partial charge in [0.1, 0.15) is 17.6 Å². The van der Waals surface area contributed by atoms with Crippen molar-refractivity contribution in [2.24, 2.45) is 5.41 Å². The van der Waals surface area contributed by atoms with Crippen LogP contribution in [0.5, 0.6) is 5.75 Å². The molecule has 5 heteroatoms. The first kappa shape index (κ1) is 15.0. The molecule has 1 saturated carbocycles. The summed E-state index contributed by atoms with van der Waals surface area (Å²) in [7, 11) is -3.19. The maximum absolute atomic E-state index is 11.8. The second kappa shape index (κ2) is 5.20. The van der Waals surface area contributed by atoms with Gasteiger partial charge in [0, 0.05) is 12.7 Å². The monoisotopic (exact) mass is 296 g/mol. The predicted molar refractivity (Wildman–Crippen MR) is 76.6 cm³/mol. The average Bonchev–Trinajstić information content (AvgIpc) is 2.39. The molecule has 0 aromatic heterocycles. The highest BCUT2D eigenvalue weighted by molar-refractivity contribution is 7.90. The molecule has 1 atom stereocenters. The van der Waals surface area contributed by atoms with Crippen molar-refractivity contribution in [2.45, 2.75) is 44.1 Å². The number of carbonyl (C=O) groups is 1. The van der Waals surface area contributed by atoms with Gasteiger partial charge >= 0.3 is 0 Å². The second-order valence-electron chi connectivity index (χ2n) is 5.34. The zero-order chi connectivity index (χ0) is 15.0. The Balaban J connectivity index is 2.14. The molecule has 2 rings (SSSR count). The molecule has 0 aliphatic heterocycles. The number of hydrogen-bond donors (Lipinski definition) is 0. The predicted octanol–water partition coefficient (Wildman–Crippen LogP) is 2.62. The van der Waals surface area contributed by atoms with Gasteiger partial charge in [-0.3, -0.25) is 4.79 Å². The summed E-state index contributed by atoms with van der Waals surface area (Å²) >= 11 is 0. The first-order valence-corrected chi connectivity index (χ1v) is 8.72. The third kappa shape index (κ3) is 2.46. The van der Waals surface area contributed by atoms with Crippen molar-refractivity contribution in [1.29, 1.82) is 0 Å². The van der Waals surface area contributed by atoms with Crippen molar-refractivity contribution >= 4 is 15.6 Å². The van der Waals surface area contributed by atoms with Gasteiger partial charge in [0.15, 0.2) is 9.84 Å². The van der Waals surface area contributed by atoms with E-state index in [0.717, 1.165) is 12.8 Å². The molecule has 1 unspecified atom stereocenters. The summed E-state index contributed by atoms with van der Waals surface area (Å²) in [5.74, 6) is 0.876. The molecule has 0 saturated heterocycles. The van der Waals surface area contributed by atoms with Crippen LogP contribution in [0, 0.1) is 5.41 Å². The Hall–Kier alpha value is -1.36. The Morgan fingerprint density at radius 1 is 1.20 bits per heavy atom. The van der Waals surface area contributed by atoms with E-state index in [1.165, 1.54) is 18.4 Å². The fourth-order valence-corrected chi connectivity index (χ4v) is 3.43. The molecule has 0 amide bonds. The van der Waals surface area contributed by atoms with Crippen LogP contribution in [0.15, 0.2) is 29.2 Å². The molecule has 1 aromatic rings. The summed E-state index contributed by atoms with van der Waals surface area (Å²) in [4.78, 5) is 12.1. The zero-order valence-electron chi connectivity index (χ0n) is 12.0. The standard InChI is InChI=1S/C15H20O4S/c1-4-15(5-2)13(16)10-14(15)19-11-6-8-12(9-7-11)20(3,17)18/h6-9,14H,4-5,10H2,1-3H3. The van der Waals surface area contributed by atoms with E-state index in [1.54, 1.807) is 12.1 Å². The van der Waals surface area contributed by atoms with E-state index in [4.69, 9.17) is 4.74 Å². The Morgan fingerprint density at radius 2 is 1.75 bits per heavy atom. The molecule has 4 nitrogen and oxygen atoms in total. The van der Waals surface area contributed by atoms with Crippen LogP contribution in [0.4, 0.5) is 0 Å². The number of hydrogen-bond acceptors (Lipinski definition) is 4. The first-order valence-electron chi connectivity index (χ1n) is 6.83. The van der Waals surface area contributed by atoms with Gasteiger partial charge in [0.05, 0.1) is 10.3 Å². The Kier molecular flexibility index (Phi) is 3.91. The highest BCUT2D eigenvalue weighted by Crippen LogP contribution is 2.45. The minimum Gasteiger partial charge on any atom is -0.489 e. The van der Waals surface area contributed by atoms with E-state index in [-0.39, 0.29) is 22.2 Å². The first-order chi connectivity index (χ1) is 9.33. The Morgan fingerprint density at radius 3 is 2.15 bits per heavy atom. The minimum absolute atomic E-state index is 0.103. The van der Waals surface area contributed by atoms with Crippen LogP contribution in [0.3, 0.4) is 0 Å². The van der Waals surface area contributed by atoms with Gasteiger partial charge in [-0.15, -0.1) is 0 Å². The van der Waals surface area contributed by atoms with Gasteiger partial charge < -0.3 is 4.74 Å². The smallest absolute Gasteiger partial charge is 0.175 e. The molecule has 0 N–H and O–H groups in total. The van der Waals surface area contributed by atoms with E-state index in [9.17, 15) is 13.2 Å². The molecule has 1 fully saturated rings. The van der Waals surface area contributed by atoms with Crippen LogP contribution >= 0.6 is 0 Å². The lowest BCUT2D eigenvalue weighted by Gasteiger charge is -2.46. The molecular weight excluding hydrogens is 276 g/mol. The molecule has 0 radical (unpaired) electrons. The van der Waals surface area contributed by atoms with Gasteiger partial charge in [-0.05, 0) is 37.1 Å². The lowest BCUT2D eigenvalue weighted by Crippen LogP contribution is -2.56. The van der Waals surface area contributed by atoms with Gasteiger partial charge in [0.2, 0.25) is 0 Å². The van der Waals surface area contributed by atoms with Gasteiger partial charge in [-0.25, -0.2) is 8.42 Å². The van der Waals surface area contributed by atoms with Gasteiger partial charge in [0.25, 0.3) is 0 Å². The number of rotatable bonds is 5. The lowest BCUT2D eigenvalue weighted by atomic mass is 9.61. The zero-order valence-corrected chi connectivity index (χ0v) is 12.9. The number of carbonyl (C=O) groups excluding carboxylic acids is 1. The van der Waals surface area contributed by atoms with Crippen LogP contribution in [-0.2, 0) is 14.6 Å². The second-order valence-corrected chi connectivity index (χ2v) is 7.36. The average molecular weight is 296 g/mol. The van der Waals surface area contributed by atoms with E-state index < -0.39 is 9.84 Å². The van der Waals surface area contributed by atoms with Gasteiger partial charge in [-0.1, -0.05) is 13.8 Å².